The zero-order valence-corrected chi connectivity index (χ0v) is 15.1. The lowest BCUT2D eigenvalue weighted by Gasteiger charge is -2.24. The Hall–Kier alpha value is -2.72. The summed E-state index contributed by atoms with van der Waals surface area (Å²) in [4.78, 5) is 14.8. The molecule has 1 amide bonds. The Labute approximate surface area is 157 Å². The molecule has 0 bridgehead atoms. The van der Waals surface area contributed by atoms with E-state index in [1.807, 2.05) is 83.8 Å². The second-order valence-corrected chi connectivity index (χ2v) is 7.26. The summed E-state index contributed by atoms with van der Waals surface area (Å²) in [7, 11) is 0. The minimum Gasteiger partial charge on any atom is -0.457 e. The van der Waals surface area contributed by atoms with Gasteiger partial charge in [0.05, 0.1) is 0 Å². The molecule has 0 spiro atoms. The Balaban J connectivity index is 1.56. The molecule has 4 rings (SSSR count). The number of para-hydroxylation sites is 1. The molecule has 130 valence electrons. The van der Waals surface area contributed by atoms with E-state index in [4.69, 9.17) is 4.74 Å². The van der Waals surface area contributed by atoms with Gasteiger partial charge >= 0.3 is 0 Å². The van der Waals surface area contributed by atoms with E-state index in [2.05, 4.69) is 6.07 Å². The molecular formula is C22H19NO2S. The lowest BCUT2D eigenvalue weighted by molar-refractivity contribution is 0.0760. The number of amides is 1. The van der Waals surface area contributed by atoms with Crippen LogP contribution >= 0.6 is 11.8 Å². The highest BCUT2D eigenvalue weighted by molar-refractivity contribution is 7.99. The van der Waals surface area contributed by atoms with E-state index in [9.17, 15) is 4.79 Å². The first kappa shape index (κ1) is 16.7. The van der Waals surface area contributed by atoms with Gasteiger partial charge < -0.3 is 9.64 Å². The molecule has 3 nitrogen and oxygen atoms in total. The van der Waals surface area contributed by atoms with Gasteiger partial charge in [-0.05, 0) is 42.0 Å². The minimum absolute atomic E-state index is 0.0158. The maximum atomic E-state index is 12.9. The summed E-state index contributed by atoms with van der Waals surface area (Å²) in [5.41, 5.74) is 1.82. The van der Waals surface area contributed by atoms with Crippen molar-refractivity contribution < 1.29 is 9.53 Å². The fraction of sp³-hybridized carbons (Fsp3) is 0.136. The van der Waals surface area contributed by atoms with Gasteiger partial charge in [-0.15, -0.1) is 11.8 Å². The molecule has 3 aromatic carbocycles. The average molecular weight is 361 g/mol. The molecule has 1 fully saturated rings. The van der Waals surface area contributed by atoms with Crippen LogP contribution < -0.4 is 4.74 Å². The molecular weight excluding hydrogens is 342 g/mol. The third kappa shape index (κ3) is 3.60. The van der Waals surface area contributed by atoms with Crippen LogP contribution in [0.2, 0.25) is 0 Å². The quantitative estimate of drug-likeness (QED) is 0.626. The molecule has 1 atom stereocenters. The summed E-state index contributed by atoms with van der Waals surface area (Å²) in [5.74, 6) is 2.61. The highest BCUT2D eigenvalue weighted by Crippen LogP contribution is 2.40. The summed E-state index contributed by atoms with van der Waals surface area (Å²) >= 11 is 1.79. The van der Waals surface area contributed by atoms with Crippen LogP contribution in [0.1, 0.15) is 21.3 Å². The highest BCUT2D eigenvalue weighted by atomic mass is 32.2. The van der Waals surface area contributed by atoms with E-state index in [0.717, 1.165) is 34.9 Å². The predicted octanol–water partition coefficient (Wildman–Crippen LogP) is 5.37. The van der Waals surface area contributed by atoms with Crippen LogP contribution in [0.3, 0.4) is 0 Å². The van der Waals surface area contributed by atoms with Gasteiger partial charge in [0.25, 0.3) is 5.91 Å². The van der Waals surface area contributed by atoms with Crippen LogP contribution in [-0.4, -0.2) is 23.1 Å². The van der Waals surface area contributed by atoms with Crippen LogP contribution in [0.5, 0.6) is 11.5 Å². The fourth-order valence-electron chi connectivity index (χ4n) is 3.06. The number of nitrogens with zero attached hydrogens (tertiary/aromatic N) is 1. The summed E-state index contributed by atoms with van der Waals surface area (Å²) in [6, 6.07) is 27.2. The molecule has 26 heavy (non-hydrogen) atoms. The van der Waals surface area contributed by atoms with Crippen LogP contribution in [0, 0.1) is 0 Å². The molecule has 1 unspecified atom stereocenters. The molecule has 3 aromatic rings. The van der Waals surface area contributed by atoms with Crippen LogP contribution in [0.25, 0.3) is 0 Å². The number of carbonyl (C=O) groups is 1. The van der Waals surface area contributed by atoms with Gasteiger partial charge in [-0.25, -0.2) is 0 Å². The summed E-state index contributed by atoms with van der Waals surface area (Å²) in [5, 5.41) is 0.0158. The van der Waals surface area contributed by atoms with E-state index in [-0.39, 0.29) is 11.3 Å². The standard InChI is InChI=1S/C22H19NO2S/c24-21(17-8-3-1-4-9-17)23-14-15-26-22(23)18-10-7-13-20(16-18)25-19-11-5-2-6-12-19/h1-13,16,22H,14-15H2. The van der Waals surface area contributed by atoms with E-state index < -0.39 is 0 Å². The largest absolute Gasteiger partial charge is 0.457 e. The van der Waals surface area contributed by atoms with Crippen LogP contribution in [-0.2, 0) is 0 Å². The Morgan fingerprint density at radius 3 is 2.35 bits per heavy atom. The predicted molar refractivity (Wildman–Crippen MR) is 106 cm³/mol. The lowest BCUT2D eigenvalue weighted by atomic mass is 10.1. The van der Waals surface area contributed by atoms with Crippen molar-refractivity contribution in [2.75, 3.05) is 12.3 Å². The second-order valence-electron chi connectivity index (χ2n) is 6.08. The van der Waals surface area contributed by atoms with Gasteiger partial charge in [0.2, 0.25) is 0 Å². The van der Waals surface area contributed by atoms with Gasteiger partial charge in [-0.3, -0.25) is 4.79 Å². The Morgan fingerprint density at radius 1 is 0.885 bits per heavy atom. The Bertz CT molecular complexity index is 883. The van der Waals surface area contributed by atoms with E-state index in [1.165, 1.54) is 0 Å². The van der Waals surface area contributed by atoms with Crippen molar-refractivity contribution in [1.29, 1.82) is 0 Å². The first-order valence-corrected chi connectivity index (χ1v) is 9.66. The molecule has 1 heterocycles. The van der Waals surface area contributed by atoms with Gasteiger partial charge in [0.1, 0.15) is 16.9 Å². The summed E-state index contributed by atoms with van der Waals surface area (Å²) in [6.07, 6.45) is 0. The molecule has 0 radical (unpaired) electrons. The van der Waals surface area contributed by atoms with Gasteiger partial charge in [0, 0.05) is 17.9 Å². The van der Waals surface area contributed by atoms with E-state index in [0.29, 0.717) is 0 Å². The smallest absolute Gasteiger partial charge is 0.255 e. The highest BCUT2D eigenvalue weighted by Gasteiger charge is 2.31. The van der Waals surface area contributed by atoms with Gasteiger partial charge in [-0.2, -0.15) is 0 Å². The number of ether oxygens (including phenoxy) is 1. The summed E-state index contributed by atoms with van der Waals surface area (Å²) < 4.78 is 5.95. The number of hydrogen-bond donors (Lipinski definition) is 0. The number of rotatable bonds is 4. The van der Waals surface area contributed by atoms with Crippen molar-refractivity contribution in [2.45, 2.75) is 5.37 Å². The van der Waals surface area contributed by atoms with Crippen molar-refractivity contribution in [3.63, 3.8) is 0 Å². The monoisotopic (exact) mass is 361 g/mol. The Kier molecular flexibility index (Phi) is 4.93. The molecule has 4 heteroatoms. The first-order chi connectivity index (χ1) is 12.8. The fourth-order valence-corrected chi connectivity index (χ4v) is 4.30. The average Bonchev–Trinajstić information content (AvgIpc) is 3.19. The van der Waals surface area contributed by atoms with Crippen molar-refractivity contribution in [3.05, 3.63) is 96.1 Å². The van der Waals surface area contributed by atoms with Gasteiger partial charge in [0.15, 0.2) is 0 Å². The van der Waals surface area contributed by atoms with Crippen molar-refractivity contribution in [2.24, 2.45) is 0 Å². The third-order valence-electron chi connectivity index (χ3n) is 4.29. The van der Waals surface area contributed by atoms with Crippen LogP contribution in [0.15, 0.2) is 84.9 Å². The SMILES string of the molecule is O=C(c1ccccc1)N1CCSC1c1cccc(Oc2ccccc2)c1. The minimum atomic E-state index is 0.0158. The molecule has 0 N–H and O–H groups in total. The number of carbonyl (C=O) groups excluding carboxylic acids is 1. The number of benzene rings is 3. The second kappa shape index (κ2) is 7.67. The topological polar surface area (TPSA) is 29.5 Å². The van der Waals surface area contributed by atoms with E-state index >= 15 is 0 Å². The molecule has 0 aromatic heterocycles. The van der Waals surface area contributed by atoms with Crippen LogP contribution in [0.4, 0.5) is 0 Å². The molecule has 1 saturated heterocycles. The zero-order chi connectivity index (χ0) is 17.8. The maximum Gasteiger partial charge on any atom is 0.255 e. The van der Waals surface area contributed by atoms with Crippen molar-refractivity contribution in [3.8, 4) is 11.5 Å². The van der Waals surface area contributed by atoms with Gasteiger partial charge in [-0.1, -0.05) is 48.5 Å². The molecule has 0 aliphatic carbocycles. The summed E-state index contributed by atoms with van der Waals surface area (Å²) in [6.45, 7) is 0.757. The zero-order valence-electron chi connectivity index (χ0n) is 14.2. The lowest BCUT2D eigenvalue weighted by Crippen LogP contribution is -2.30. The molecule has 0 saturated carbocycles. The van der Waals surface area contributed by atoms with Crippen molar-refractivity contribution in [1.82, 2.24) is 4.90 Å². The number of hydrogen-bond acceptors (Lipinski definition) is 3. The first-order valence-electron chi connectivity index (χ1n) is 8.62. The number of thioether (sulfide) groups is 1. The maximum absolute atomic E-state index is 12.9. The normalized spacial score (nSPS) is 16.5. The third-order valence-corrected chi connectivity index (χ3v) is 5.56. The Morgan fingerprint density at radius 2 is 1.58 bits per heavy atom. The molecule has 1 aliphatic heterocycles. The van der Waals surface area contributed by atoms with Crippen molar-refractivity contribution >= 4 is 17.7 Å². The molecule has 1 aliphatic rings. The van der Waals surface area contributed by atoms with E-state index in [1.54, 1.807) is 11.8 Å².